The van der Waals surface area contributed by atoms with Gasteiger partial charge in [0.15, 0.2) is 5.84 Å². The molecule has 0 aliphatic carbocycles. The highest BCUT2D eigenvalue weighted by molar-refractivity contribution is 5.92. The number of nitrogens with one attached hydrogen (secondary N) is 1. The van der Waals surface area contributed by atoms with E-state index in [0.717, 1.165) is 12.0 Å². The Morgan fingerprint density at radius 1 is 1.29 bits per heavy atom. The highest BCUT2D eigenvalue weighted by Gasteiger charge is 2.28. The molecule has 4 N–H and O–H groups in total. The van der Waals surface area contributed by atoms with Crippen molar-refractivity contribution in [2.45, 2.75) is 45.6 Å². The minimum atomic E-state index is -0.447. The predicted octanol–water partition coefficient (Wildman–Crippen LogP) is 2.46. The molecule has 0 radical (unpaired) electrons. The van der Waals surface area contributed by atoms with Gasteiger partial charge in [-0.05, 0) is 17.9 Å². The van der Waals surface area contributed by atoms with Gasteiger partial charge in [-0.1, -0.05) is 62.7 Å². The second-order valence-corrected chi connectivity index (χ2v) is 5.27. The fourth-order valence-electron chi connectivity index (χ4n) is 2.35. The molecule has 21 heavy (non-hydrogen) atoms. The Morgan fingerprint density at radius 2 is 1.90 bits per heavy atom. The fraction of sp³-hybridized carbons (Fsp3) is 0.500. The molecule has 3 unspecified atom stereocenters. The summed E-state index contributed by atoms with van der Waals surface area (Å²) in [6.45, 7) is 6.00. The lowest BCUT2D eigenvalue weighted by molar-refractivity contribution is -0.124. The lowest BCUT2D eigenvalue weighted by Crippen LogP contribution is -2.46. The number of nitrogens with two attached hydrogens (primary N) is 1. The van der Waals surface area contributed by atoms with Crippen LogP contribution < -0.4 is 11.1 Å². The largest absolute Gasteiger partial charge is 0.409 e. The number of carbonyl (C=O) groups excluding carboxylic acids is 1. The first-order valence-electron chi connectivity index (χ1n) is 7.37. The Hall–Kier alpha value is -2.04. The molecule has 0 fully saturated rings. The molecule has 0 heterocycles. The van der Waals surface area contributed by atoms with E-state index in [1.165, 1.54) is 0 Å². The van der Waals surface area contributed by atoms with Gasteiger partial charge in [0.2, 0.25) is 5.91 Å². The molecule has 5 heteroatoms. The maximum atomic E-state index is 12.6. The van der Waals surface area contributed by atoms with Crippen LogP contribution in [0.3, 0.4) is 0 Å². The summed E-state index contributed by atoms with van der Waals surface area (Å²) in [5.74, 6) is -0.0928. The number of rotatable bonds is 7. The van der Waals surface area contributed by atoms with Gasteiger partial charge in [0.05, 0.1) is 12.0 Å². The van der Waals surface area contributed by atoms with Crippen LogP contribution in [0.2, 0.25) is 0 Å². The first-order valence-corrected chi connectivity index (χ1v) is 7.37. The summed E-state index contributed by atoms with van der Waals surface area (Å²) in [5, 5.41) is 14.6. The number of hydrogen-bond donors (Lipinski definition) is 3. The maximum absolute atomic E-state index is 12.6. The average molecular weight is 291 g/mol. The number of amides is 1. The third kappa shape index (κ3) is 4.48. The van der Waals surface area contributed by atoms with Crippen LogP contribution in [-0.2, 0) is 4.79 Å². The van der Waals surface area contributed by atoms with Crippen molar-refractivity contribution in [3.8, 4) is 0 Å². The lowest BCUT2D eigenvalue weighted by Gasteiger charge is -2.25. The molecule has 1 amide bonds. The van der Waals surface area contributed by atoms with E-state index in [9.17, 15) is 4.79 Å². The first kappa shape index (κ1) is 17.0. The van der Waals surface area contributed by atoms with E-state index in [1.807, 2.05) is 37.3 Å². The Balaban J connectivity index is 2.97. The number of hydrogen-bond acceptors (Lipinski definition) is 3. The van der Waals surface area contributed by atoms with Crippen molar-refractivity contribution in [2.24, 2.45) is 16.8 Å². The molecule has 3 atom stereocenters. The van der Waals surface area contributed by atoms with Crippen LogP contribution in [-0.4, -0.2) is 23.0 Å². The highest BCUT2D eigenvalue weighted by atomic mass is 16.4. The van der Waals surface area contributed by atoms with E-state index in [1.54, 1.807) is 0 Å². The topological polar surface area (TPSA) is 87.7 Å². The van der Waals surface area contributed by atoms with Crippen LogP contribution in [0, 0.1) is 5.92 Å². The maximum Gasteiger partial charge on any atom is 0.228 e. The average Bonchev–Trinajstić information content (AvgIpc) is 2.52. The molecule has 0 saturated heterocycles. The van der Waals surface area contributed by atoms with Gasteiger partial charge in [0.1, 0.15) is 0 Å². The Bertz CT molecular complexity index is 474. The highest BCUT2D eigenvalue weighted by Crippen LogP contribution is 2.27. The number of nitrogens with zero attached hydrogens (tertiary/aromatic N) is 1. The van der Waals surface area contributed by atoms with Crippen LogP contribution in [0.4, 0.5) is 0 Å². The van der Waals surface area contributed by atoms with Crippen molar-refractivity contribution in [3.05, 3.63) is 35.9 Å². The Kier molecular flexibility index (Phi) is 6.72. The fourth-order valence-corrected chi connectivity index (χ4v) is 2.35. The van der Waals surface area contributed by atoms with Gasteiger partial charge in [0, 0.05) is 0 Å². The zero-order chi connectivity index (χ0) is 15.8. The smallest absolute Gasteiger partial charge is 0.228 e. The SMILES string of the molecule is CCC(NC(=O)C(c1ccccc1)C(C)CC)/C(N)=N/O. The molecule has 0 bridgehead atoms. The number of benzene rings is 1. The zero-order valence-electron chi connectivity index (χ0n) is 12.9. The third-order valence-electron chi connectivity index (χ3n) is 3.85. The van der Waals surface area contributed by atoms with E-state index >= 15 is 0 Å². The first-order chi connectivity index (χ1) is 10.0. The molecule has 1 aromatic carbocycles. The molecule has 0 aliphatic heterocycles. The van der Waals surface area contributed by atoms with Crippen LogP contribution in [0.15, 0.2) is 35.5 Å². The van der Waals surface area contributed by atoms with E-state index in [2.05, 4.69) is 24.3 Å². The summed E-state index contributed by atoms with van der Waals surface area (Å²) >= 11 is 0. The summed E-state index contributed by atoms with van der Waals surface area (Å²) in [4.78, 5) is 12.6. The van der Waals surface area contributed by atoms with Gasteiger partial charge < -0.3 is 16.3 Å². The van der Waals surface area contributed by atoms with E-state index in [0.29, 0.717) is 6.42 Å². The molecular weight excluding hydrogens is 266 g/mol. The normalized spacial score (nSPS) is 16.0. The van der Waals surface area contributed by atoms with Crippen LogP contribution in [0.5, 0.6) is 0 Å². The Morgan fingerprint density at radius 3 is 2.38 bits per heavy atom. The van der Waals surface area contributed by atoms with Crippen molar-refractivity contribution in [3.63, 3.8) is 0 Å². The molecule has 0 aromatic heterocycles. The van der Waals surface area contributed by atoms with Gasteiger partial charge in [-0.2, -0.15) is 0 Å². The number of carbonyl (C=O) groups is 1. The van der Waals surface area contributed by atoms with Gasteiger partial charge in [-0.3, -0.25) is 4.79 Å². The second kappa shape index (κ2) is 8.29. The van der Waals surface area contributed by atoms with Crippen molar-refractivity contribution in [1.82, 2.24) is 5.32 Å². The molecule has 0 spiro atoms. The van der Waals surface area contributed by atoms with Crippen LogP contribution in [0.25, 0.3) is 0 Å². The zero-order valence-corrected chi connectivity index (χ0v) is 12.9. The molecule has 1 aromatic rings. The van der Waals surface area contributed by atoms with Crippen molar-refractivity contribution >= 4 is 11.7 Å². The minimum absolute atomic E-state index is 0.0295. The second-order valence-electron chi connectivity index (χ2n) is 5.27. The standard InChI is InChI=1S/C16H25N3O2/c1-4-11(3)14(12-9-7-6-8-10-12)16(20)18-13(5-2)15(17)19-21/h6-11,13-14,21H,4-5H2,1-3H3,(H2,17,19)(H,18,20). The van der Waals surface area contributed by atoms with Crippen molar-refractivity contribution in [2.75, 3.05) is 0 Å². The third-order valence-corrected chi connectivity index (χ3v) is 3.85. The summed E-state index contributed by atoms with van der Waals surface area (Å²) < 4.78 is 0. The summed E-state index contributed by atoms with van der Waals surface area (Å²) in [6, 6.07) is 9.26. The number of amidine groups is 1. The van der Waals surface area contributed by atoms with Crippen LogP contribution in [0.1, 0.15) is 45.1 Å². The quantitative estimate of drug-likeness (QED) is 0.312. The summed E-state index contributed by atoms with van der Waals surface area (Å²) in [5.41, 5.74) is 6.59. The van der Waals surface area contributed by atoms with Crippen molar-refractivity contribution < 1.29 is 10.0 Å². The van der Waals surface area contributed by atoms with Gasteiger partial charge in [-0.25, -0.2) is 0 Å². The van der Waals surface area contributed by atoms with Gasteiger partial charge in [0.25, 0.3) is 0 Å². The summed E-state index contributed by atoms with van der Waals surface area (Å²) in [6.07, 6.45) is 1.47. The van der Waals surface area contributed by atoms with Crippen LogP contribution >= 0.6 is 0 Å². The molecule has 5 nitrogen and oxygen atoms in total. The van der Waals surface area contributed by atoms with E-state index in [-0.39, 0.29) is 23.6 Å². The molecular formula is C16H25N3O2. The molecule has 116 valence electrons. The molecule has 0 saturated carbocycles. The monoisotopic (exact) mass is 291 g/mol. The van der Waals surface area contributed by atoms with Crippen molar-refractivity contribution in [1.29, 1.82) is 0 Å². The lowest BCUT2D eigenvalue weighted by atomic mass is 9.84. The van der Waals surface area contributed by atoms with E-state index < -0.39 is 6.04 Å². The minimum Gasteiger partial charge on any atom is -0.409 e. The van der Waals surface area contributed by atoms with E-state index in [4.69, 9.17) is 10.9 Å². The summed E-state index contributed by atoms with van der Waals surface area (Å²) in [7, 11) is 0. The molecule has 1 rings (SSSR count). The molecule has 0 aliphatic rings. The predicted molar refractivity (Wildman–Crippen MR) is 84.3 cm³/mol. The number of oxime groups is 1. The van der Waals surface area contributed by atoms with Gasteiger partial charge in [-0.15, -0.1) is 0 Å². The Labute approximate surface area is 126 Å². The van der Waals surface area contributed by atoms with Gasteiger partial charge >= 0.3 is 0 Å².